The van der Waals surface area contributed by atoms with Gasteiger partial charge in [-0.2, -0.15) is 0 Å². The molecule has 0 spiro atoms. The maximum Gasteiger partial charge on any atom is 0.333 e. The molecule has 7 unspecified atom stereocenters. The van der Waals surface area contributed by atoms with Crippen LogP contribution in [0.2, 0.25) is 0 Å². The van der Waals surface area contributed by atoms with Crippen LogP contribution in [0.25, 0.3) is 0 Å². The van der Waals surface area contributed by atoms with Crippen molar-refractivity contribution in [1.29, 1.82) is 0 Å². The summed E-state index contributed by atoms with van der Waals surface area (Å²) < 4.78 is 26.8. The summed E-state index contributed by atoms with van der Waals surface area (Å²) >= 11 is 5.87. The van der Waals surface area contributed by atoms with E-state index in [-0.39, 0.29) is 24.2 Å². The molecule has 2 aliphatic carbocycles. The van der Waals surface area contributed by atoms with E-state index in [2.05, 4.69) is 41.5 Å². The Morgan fingerprint density at radius 3 is 1.66 bits per heavy atom. The standard InChI is InChI=1S/C23H44ClO4P/c1-15(2)20-9-7-17(5)11-22(20)27-29(26,14-19(25)13-24)28-23-12-18(6)8-10-21(23)16(3)4/h15-23,25H,7-14H2,1-6H3. The molecule has 0 aromatic heterocycles. The average Bonchev–Trinajstić information content (AvgIpc) is 2.60. The first kappa shape index (κ1) is 25.7. The van der Waals surface area contributed by atoms with E-state index in [9.17, 15) is 9.67 Å². The molecule has 2 saturated carbocycles. The van der Waals surface area contributed by atoms with Gasteiger partial charge < -0.3 is 14.2 Å². The van der Waals surface area contributed by atoms with Gasteiger partial charge in [0.1, 0.15) is 0 Å². The molecule has 0 aromatic rings. The van der Waals surface area contributed by atoms with Crippen molar-refractivity contribution < 1.29 is 18.7 Å². The monoisotopic (exact) mass is 450 g/mol. The number of halogens is 1. The van der Waals surface area contributed by atoms with Gasteiger partial charge in [-0.3, -0.25) is 4.57 Å². The molecule has 2 fully saturated rings. The summed E-state index contributed by atoms with van der Waals surface area (Å²) in [5, 5.41) is 10.2. The lowest BCUT2D eigenvalue weighted by Crippen LogP contribution is -2.37. The van der Waals surface area contributed by atoms with Crippen molar-refractivity contribution in [2.24, 2.45) is 35.5 Å². The van der Waals surface area contributed by atoms with Gasteiger partial charge in [0.2, 0.25) is 0 Å². The first-order chi connectivity index (χ1) is 13.5. The van der Waals surface area contributed by atoms with Gasteiger partial charge in [-0.1, -0.05) is 54.4 Å². The van der Waals surface area contributed by atoms with Crippen LogP contribution < -0.4 is 0 Å². The van der Waals surface area contributed by atoms with E-state index in [1.54, 1.807) is 0 Å². The lowest BCUT2D eigenvalue weighted by atomic mass is 9.75. The second-order valence-electron chi connectivity index (χ2n) is 10.5. The third-order valence-corrected chi connectivity index (χ3v) is 9.54. The summed E-state index contributed by atoms with van der Waals surface area (Å²) in [7, 11) is -3.47. The molecule has 0 radical (unpaired) electrons. The summed E-state index contributed by atoms with van der Waals surface area (Å²) in [5.41, 5.74) is 0. The van der Waals surface area contributed by atoms with Crippen LogP contribution in [0.5, 0.6) is 0 Å². The molecule has 0 saturated heterocycles. The fourth-order valence-corrected chi connectivity index (χ4v) is 7.74. The first-order valence-electron chi connectivity index (χ1n) is 11.7. The van der Waals surface area contributed by atoms with Gasteiger partial charge in [0.05, 0.1) is 24.5 Å². The van der Waals surface area contributed by atoms with Crippen molar-refractivity contribution in [3.05, 3.63) is 0 Å². The maximum absolute atomic E-state index is 14.0. The second kappa shape index (κ2) is 11.3. The van der Waals surface area contributed by atoms with E-state index in [4.69, 9.17) is 20.6 Å². The molecule has 1 N–H and O–H groups in total. The van der Waals surface area contributed by atoms with Gasteiger partial charge in [-0.05, 0) is 61.2 Å². The van der Waals surface area contributed by atoms with Crippen molar-refractivity contribution >= 4 is 19.2 Å². The van der Waals surface area contributed by atoms with Gasteiger partial charge in [0.15, 0.2) is 0 Å². The van der Waals surface area contributed by atoms with Crippen LogP contribution in [0, 0.1) is 35.5 Å². The van der Waals surface area contributed by atoms with Gasteiger partial charge in [-0.15, -0.1) is 11.6 Å². The lowest BCUT2D eigenvalue weighted by Gasteiger charge is -2.42. The molecule has 6 heteroatoms. The van der Waals surface area contributed by atoms with Gasteiger partial charge in [-0.25, -0.2) is 0 Å². The Balaban J connectivity index is 2.23. The SMILES string of the molecule is CC1CCC(C(C)C)C(OP(=O)(CC(O)CCl)OC2CC(C)CCC2C(C)C)C1. The third-order valence-electron chi connectivity index (χ3n) is 7.13. The first-order valence-corrected chi connectivity index (χ1v) is 14.0. The zero-order valence-corrected chi connectivity index (χ0v) is 21.0. The Bertz CT molecular complexity index is 503. The molecule has 0 aromatic carbocycles. The molecular formula is C23H44ClO4P. The summed E-state index contributed by atoms with van der Waals surface area (Å²) in [6.07, 6.45) is 5.33. The van der Waals surface area contributed by atoms with Crippen LogP contribution in [0.15, 0.2) is 0 Å². The van der Waals surface area contributed by atoms with Crippen LogP contribution in [0.3, 0.4) is 0 Å². The highest BCUT2D eigenvalue weighted by molar-refractivity contribution is 7.53. The Kier molecular flexibility index (Phi) is 10.0. The Hall–Kier alpha value is 0.400. The molecule has 0 amide bonds. The van der Waals surface area contributed by atoms with Crippen LogP contribution >= 0.6 is 19.2 Å². The molecular weight excluding hydrogens is 407 g/mol. The largest absolute Gasteiger partial charge is 0.391 e. The second-order valence-corrected chi connectivity index (χ2v) is 12.9. The zero-order valence-electron chi connectivity index (χ0n) is 19.4. The van der Waals surface area contributed by atoms with Crippen LogP contribution in [0.1, 0.15) is 80.1 Å². The molecule has 0 heterocycles. The summed E-state index contributed by atoms with van der Waals surface area (Å²) in [5.74, 6) is 2.85. The predicted octanol–water partition coefficient (Wildman–Crippen LogP) is 6.73. The van der Waals surface area contributed by atoms with Crippen molar-refractivity contribution in [2.75, 3.05) is 12.0 Å². The summed E-state index contributed by atoms with van der Waals surface area (Å²) in [4.78, 5) is 0. The molecule has 0 aliphatic heterocycles. The molecule has 2 aliphatic rings. The van der Waals surface area contributed by atoms with Crippen LogP contribution in [-0.4, -0.2) is 35.5 Å². The molecule has 29 heavy (non-hydrogen) atoms. The van der Waals surface area contributed by atoms with Crippen molar-refractivity contribution in [1.82, 2.24) is 0 Å². The molecule has 7 atom stereocenters. The van der Waals surface area contributed by atoms with Crippen LogP contribution in [0.4, 0.5) is 0 Å². The number of alkyl halides is 1. The van der Waals surface area contributed by atoms with Crippen LogP contribution in [-0.2, 0) is 13.6 Å². The van der Waals surface area contributed by atoms with Gasteiger partial charge in [0.25, 0.3) is 0 Å². The highest BCUT2D eigenvalue weighted by Gasteiger charge is 2.42. The molecule has 4 nitrogen and oxygen atoms in total. The van der Waals surface area contributed by atoms with Crippen molar-refractivity contribution in [3.63, 3.8) is 0 Å². The van der Waals surface area contributed by atoms with E-state index in [1.807, 2.05) is 0 Å². The average molecular weight is 451 g/mol. The zero-order chi connectivity index (χ0) is 21.8. The number of rotatable bonds is 9. The highest BCUT2D eigenvalue weighted by Crippen LogP contribution is 2.56. The minimum atomic E-state index is -3.47. The van der Waals surface area contributed by atoms with Crippen molar-refractivity contribution in [2.45, 2.75) is 98.4 Å². The minimum absolute atomic E-state index is 0.0120. The minimum Gasteiger partial charge on any atom is -0.391 e. The number of aliphatic hydroxyl groups excluding tert-OH is 1. The highest BCUT2D eigenvalue weighted by atomic mass is 35.5. The third kappa shape index (κ3) is 7.49. The fraction of sp³-hybridized carbons (Fsp3) is 1.00. The van der Waals surface area contributed by atoms with E-state index in [1.165, 1.54) is 12.8 Å². The Morgan fingerprint density at radius 1 is 0.897 bits per heavy atom. The normalized spacial score (nSPS) is 36.9. The smallest absolute Gasteiger partial charge is 0.333 e. The molecule has 2 rings (SSSR count). The summed E-state index contributed by atoms with van der Waals surface area (Å²) in [6.45, 7) is 13.3. The number of aliphatic hydroxyl groups is 1. The predicted molar refractivity (Wildman–Crippen MR) is 122 cm³/mol. The van der Waals surface area contributed by atoms with Gasteiger partial charge in [0, 0.05) is 5.88 Å². The van der Waals surface area contributed by atoms with Gasteiger partial charge >= 0.3 is 7.60 Å². The lowest BCUT2D eigenvalue weighted by molar-refractivity contribution is -0.00535. The van der Waals surface area contributed by atoms with E-state index in [0.717, 1.165) is 25.7 Å². The van der Waals surface area contributed by atoms with E-state index < -0.39 is 13.7 Å². The van der Waals surface area contributed by atoms with E-state index >= 15 is 0 Å². The molecule has 0 bridgehead atoms. The van der Waals surface area contributed by atoms with Crippen molar-refractivity contribution in [3.8, 4) is 0 Å². The molecule has 172 valence electrons. The fourth-order valence-electron chi connectivity index (χ4n) is 5.30. The number of hydrogen-bond donors (Lipinski definition) is 1. The Labute approximate surface area is 184 Å². The maximum atomic E-state index is 14.0. The quantitative estimate of drug-likeness (QED) is 0.312. The van der Waals surface area contributed by atoms with E-state index in [0.29, 0.717) is 35.5 Å². The number of hydrogen-bond acceptors (Lipinski definition) is 4. The summed E-state index contributed by atoms with van der Waals surface area (Å²) in [6, 6.07) is 0. The topological polar surface area (TPSA) is 55.8 Å². The Morgan fingerprint density at radius 2 is 1.31 bits per heavy atom.